The Morgan fingerprint density at radius 3 is 1.79 bits per heavy atom. The maximum atomic E-state index is 12.5. The fraction of sp³-hybridized carbons (Fsp3) is 0.235. The first-order valence-electron chi connectivity index (χ1n) is 6.55. The van der Waals surface area contributed by atoms with E-state index in [-0.39, 0.29) is 12.1 Å². The van der Waals surface area contributed by atoms with Gasteiger partial charge in [-0.1, -0.05) is 60.7 Å². The summed E-state index contributed by atoms with van der Waals surface area (Å²) in [7, 11) is 0. The highest BCUT2D eigenvalue weighted by Gasteiger charge is 2.50. The van der Waals surface area contributed by atoms with Crippen LogP contribution in [0.15, 0.2) is 60.7 Å². The van der Waals surface area contributed by atoms with E-state index >= 15 is 0 Å². The fourth-order valence-electron chi connectivity index (χ4n) is 2.92. The zero-order chi connectivity index (χ0) is 13.3. The molecule has 2 nitrogen and oxygen atoms in total. The largest absolute Gasteiger partial charge is 0.462 e. The third-order valence-electron chi connectivity index (χ3n) is 3.78. The average Bonchev–Trinajstić information content (AvgIpc) is 2.76. The minimum atomic E-state index is -0.651. The molecule has 2 aromatic carbocycles. The lowest BCUT2D eigenvalue weighted by Gasteiger charge is -2.26. The van der Waals surface area contributed by atoms with Crippen molar-refractivity contribution in [3.05, 3.63) is 71.8 Å². The number of carbonyl (C=O) groups is 1. The van der Waals surface area contributed by atoms with Crippen molar-refractivity contribution < 1.29 is 9.53 Å². The predicted molar refractivity (Wildman–Crippen MR) is 73.8 cm³/mol. The topological polar surface area (TPSA) is 26.3 Å². The molecule has 1 heterocycles. The number of hydrogen-bond acceptors (Lipinski definition) is 2. The van der Waals surface area contributed by atoms with Crippen molar-refractivity contribution in [3.63, 3.8) is 0 Å². The number of ether oxygens (including phenoxy) is 1. The van der Waals surface area contributed by atoms with Crippen molar-refractivity contribution in [2.24, 2.45) is 0 Å². The average molecular weight is 252 g/mol. The molecule has 0 amide bonds. The molecule has 1 fully saturated rings. The van der Waals surface area contributed by atoms with Crippen LogP contribution in [-0.4, -0.2) is 12.1 Å². The Morgan fingerprint density at radius 1 is 0.947 bits per heavy atom. The van der Waals surface area contributed by atoms with Crippen LogP contribution < -0.4 is 0 Å². The monoisotopic (exact) mass is 252 g/mol. The van der Waals surface area contributed by atoms with Crippen LogP contribution in [0.1, 0.15) is 24.5 Å². The molecule has 1 aliphatic rings. The molecule has 0 spiro atoms. The first-order valence-corrected chi connectivity index (χ1v) is 6.55. The highest BCUT2D eigenvalue weighted by Crippen LogP contribution is 2.43. The lowest BCUT2D eigenvalue weighted by molar-refractivity contribution is -0.144. The van der Waals surface area contributed by atoms with E-state index in [2.05, 4.69) is 0 Å². The first kappa shape index (κ1) is 12.0. The van der Waals surface area contributed by atoms with Crippen molar-refractivity contribution in [2.75, 3.05) is 0 Å². The normalized spacial score (nSPS) is 21.1. The lowest BCUT2D eigenvalue weighted by Crippen LogP contribution is -2.32. The Morgan fingerprint density at radius 2 is 1.42 bits per heavy atom. The Labute approximate surface area is 113 Å². The van der Waals surface area contributed by atoms with Crippen LogP contribution in [0.5, 0.6) is 0 Å². The molecule has 96 valence electrons. The van der Waals surface area contributed by atoms with E-state index in [1.165, 1.54) is 0 Å². The predicted octanol–water partition coefficient (Wildman–Crippen LogP) is 3.31. The molecule has 2 heteroatoms. The summed E-state index contributed by atoms with van der Waals surface area (Å²) in [6.07, 6.45) is 0.646. The van der Waals surface area contributed by atoms with E-state index in [0.29, 0.717) is 6.42 Å². The molecule has 19 heavy (non-hydrogen) atoms. The smallest absolute Gasteiger partial charge is 0.321 e. The van der Waals surface area contributed by atoms with Crippen LogP contribution in [0.3, 0.4) is 0 Å². The third kappa shape index (κ3) is 1.84. The third-order valence-corrected chi connectivity index (χ3v) is 3.78. The molecule has 0 saturated carbocycles. The summed E-state index contributed by atoms with van der Waals surface area (Å²) in [5.41, 5.74) is 1.37. The number of benzene rings is 2. The van der Waals surface area contributed by atoms with Crippen LogP contribution in [0.4, 0.5) is 0 Å². The zero-order valence-electron chi connectivity index (χ0n) is 10.9. The summed E-state index contributed by atoms with van der Waals surface area (Å²) in [5.74, 6) is -0.141. The number of hydrogen-bond donors (Lipinski definition) is 0. The van der Waals surface area contributed by atoms with Gasteiger partial charge in [0.05, 0.1) is 0 Å². The summed E-state index contributed by atoms with van der Waals surface area (Å²) >= 11 is 0. The van der Waals surface area contributed by atoms with Gasteiger partial charge >= 0.3 is 5.97 Å². The summed E-state index contributed by atoms with van der Waals surface area (Å²) in [6.45, 7) is 1.95. The van der Waals surface area contributed by atoms with Gasteiger partial charge in [0.2, 0.25) is 0 Å². The molecule has 3 rings (SSSR count). The summed E-state index contributed by atoms with van der Waals surface area (Å²) in [6, 6.07) is 19.8. The van der Waals surface area contributed by atoms with Crippen LogP contribution >= 0.6 is 0 Å². The van der Waals surface area contributed by atoms with Gasteiger partial charge in [0.1, 0.15) is 11.5 Å². The molecule has 1 aliphatic heterocycles. The molecule has 0 aromatic heterocycles. The van der Waals surface area contributed by atoms with Crippen molar-refractivity contribution in [2.45, 2.75) is 24.9 Å². The van der Waals surface area contributed by atoms with Gasteiger partial charge in [0, 0.05) is 6.42 Å². The van der Waals surface area contributed by atoms with Gasteiger partial charge in [0.15, 0.2) is 0 Å². The Balaban J connectivity index is 2.20. The van der Waals surface area contributed by atoms with Gasteiger partial charge in [-0.3, -0.25) is 4.79 Å². The van der Waals surface area contributed by atoms with Crippen LogP contribution in [0.2, 0.25) is 0 Å². The van der Waals surface area contributed by atoms with E-state index in [9.17, 15) is 4.79 Å². The molecular weight excluding hydrogens is 236 g/mol. The van der Waals surface area contributed by atoms with Gasteiger partial charge in [-0.15, -0.1) is 0 Å². The summed E-state index contributed by atoms with van der Waals surface area (Å²) in [5, 5.41) is 0. The zero-order valence-corrected chi connectivity index (χ0v) is 10.9. The molecule has 1 unspecified atom stereocenters. The van der Waals surface area contributed by atoms with E-state index in [1.807, 2.05) is 67.6 Å². The molecule has 1 saturated heterocycles. The molecule has 0 radical (unpaired) electrons. The summed E-state index contributed by atoms with van der Waals surface area (Å²) < 4.78 is 5.45. The Hall–Kier alpha value is -2.09. The van der Waals surface area contributed by atoms with E-state index in [4.69, 9.17) is 4.74 Å². The van der Waals surface area contributed by atoms with Gasteiger partial charge in [-0.25, -0.2) is 0 Å². The number of esters is 1. The standard InChI is InChI=1S/C17H16O2/c1-13-12-17(16(18)19-13,14-8-4-2-5-9-14)15-10-6-3-7-11-15/h2-11,13H,12H2,1H3. The van der Waals surface area contributed by atoms with E-state index in [0.717, 1.165) is 11.1 Å². The molecule has 2 aromatic rings. The van der Waals surface area contributed by atoms with Crippen LogP contribution in [0, 0.1) is 0 Å². The maximum absolute atomic E-state index is 12.5. The molecule has 0 N–H and O–H groups in total. The first-order chi connectivity index (χ1) is 9.23. The van der Waals surface area contributed by atoms with Gasteiger partial charge in [-0.2, -0.15) is 0 Å². The minimum Gasteiger partial charge on any atom is -0.462 e. The van der Waals surface area contributed by atoms with Crippen molar-refractivity contribution in [1.82, 2.24) is 0 Å². The summed E-state index contributed by atoms with van der Waals surface area (Å²) in [4.78, 5) is 12.5. The highest BCUT2D eigenvalue weighted by atomic mass is 16.6. The Bertz CT molecular complexity index is 535. The second-order valence-electron chi connectivity index (χ2n) is 5.06. The second kappa shape index (κ2) is 4.54. The maximum Gasteiger partial charge on any atom is 0.321 e. The number of rotatable bonds is 2. The second-order valence-corrected chi connectivity index (χ2v) is 5.06. The van der Waals surface area contributed by atoms with E-state index in [1.54, 1.807) is 0 Å². The molecule has 0 bridgehead atoms. The SMILES string of the molecule is CC1CC(c2ccccc2)(c2ccccc2)C(=O)O1. The lowest BCUT2D eigenvalue weighted by atomic mass is 9.72. The molecule has 0 aliphatic carbocycles. The number of cyclic esters (lactones) is 1. The van der Waals surface area contributed by atoms with E-state index < -0.39 is 5.41 Å². The van der Waals surface area contributed by atoms with Crippen molar-refractivity contribution in [3.8, 4) is 0 Å². The molecule has 1 atom stereocenters. The van der Waals surface area contributed by atoms with Crippen molar-refractivity contribution in [1.29, 1.82) is 0 Å². The molecular formula is C17H16O2. The Kier molecular flexibility index (Phi) is 2.86. The quantitative estimate of drug-likeness (QED) is 0.766. The minimum absolute atomic E-state index is 0.0482. The number of carbonyl (C=O) groups excluding carboxylic acids is 1. The van der Waals surface area contributed by atoms with Crippen LogP contribution in [-0.2, 0) is 14.9 Å². The van der Waals surface area contributed by atoms with Crippen LogP contribution in [0.25, 0.3) is 0 Å². The highest BCUT2D eigenvalue weighted by molar-refractivity contribution is 5.89. The van der Waals surface area contributed by atoms with Gasteiger partial charge in [0.25, 0.3) is 0 Å². The van der Waals surface area contributed by atoms with Crippen molar-refractivity contribution >= 4 is 5.97 Å². The van der Waals surface area contributed by atoms with Gasteiger partial charge in [-0.05, 0) is 18.1 Å². The van der Waals surface area contributed by atoms with Gasteiger partial charge < -0.3 is 4.74 Å². The fourth-order valence-corrected chi connectivity index (χ4v) is 2.92.